The molecule has 1 aliphatic heterocycles. The van der Waals surface area contributed by atoms with Gasteiger partial charge in [0.15, 0.2) is 0 Å². The minimum Gasteiger partial charge on any atom is -0.360 e. The number of carbonyl (C=O) groups excluding carboxylic acids is 1. The van der Waals surface area contributed by atoms with Gasteiger partial charge in [-0.05, 0) is 60.2 Å². The molecule has 0 saturated heterocycles. The third-order valence-corrected chi connectivity index (χ3v) is 6.28. The van der Waals surface area contributed by atoms with Crippen LogP contribution in [0.2, 0.25) is 0 Å². The van der Waals surface area contributed by atoms with Crippen LogP contribution in [0.1, 0.15) is 22.1 Å². The van der Waals surface area contributed by atoms with Gasteiger partial charge in [-0.15, -0.1) is 0 Å². The lowest BCUT2D eigenvalue weighted by Gasteiger charge is -2.38. The van der Waals surface area contributed by atoms with E-state index in [0.717, 1.165) is 27.7 Å². The van der Waals surface area contributed by atoms with Crippen molar-refractivity contribution < 1.29 is 9.18 Å². The Kier molecular flexibility index (Phi) is 4.05. The molecule has 5 heteroatoms. The van der Waals surface area contributed by atoms with Gasteiger partial charge in [0.1, 0.15) is 12.0 Å². The van der Waals surface area contributed by atoms with E-state index in [1.54, 1.807) is 17.0 Å². The van der Waals surface area contributed by atoms with Crippen LogP contribution in [0.5, 0.6) is 0 Å². The molecule has 2 heterocycles. The number of fused-ring (bicyclic) bond motifs is 4. The molecule has 156 valence electrons. The van der Waals surface area contributed by atoms with Gasteiger partial charge in [0.25, 0.3) is 5.91 Å². The molecule has 1 amide bonds. The summed E-state index contributed by atoms with van der Waals surface area (Å²) in [7, 11) is 2.06. The number of hydrogen-bond acceptors (Lipinski definition) is 2. The number of aromatic nitrogens is 1. The third kappa shape index (κ3) is 2.71. The maximum Gasteiger partial charge on any atom is 0.262 e. The second-order valence-corrected chi connectivity index (χ2v) is 8.10. The van der Waals surface area contributed by atoms with Crippen molar-refractivity contribution in [3.63, 3.8) is 0 Å². The molecule has 1 atom stereocenters. The Morgan fingerprint density at radius 3 is 2.38 bits per heavy atom. The normalized spacial score (nSPS) is 15.8. The second kappa shape index (κ2) is 6.95. The van der Waals surface area contributed by atoms with Crippen LogP contribution in [-0.2, 0) is 7.05 Å². The van der Waals surface area contributed by atoms with Crippen molar-refractivity contribution in [2.24, 2.45) is 7.05 Å². The van der Waals surface area contributed by atoms with Crippen LogP contribution in [0.25, 0.3) is 21.8 Å². The molecule has 4 aromatic carbocycles. The number of amides is 1. The van der Waals surface area contributed by atoms with Gasteiger partial charge in [-0.25, -0.2) is 4.39 Å². The van der Waals surface area contributed by atoms with Crippen molar-refractivity contribution >= 4 is 39.1 Å². The summed E-state index contributed by atoms with van der Waals surface area (Å²) >= 11 is 0. The smallest absolute Gasteiger partial charge is 0.262 e. The number of rotatable bonds is 2. The van der Waals surface area contributed by atoms with Crippen LogP contribution in [0.4, 0.5) is 15.8 Å². The summed E-state index contributed by atoms with van der Waals surface area (Å²) in [5.74, 6) is -0.450. The third-order valence-electron chi connectivity index (χ3n) is 6.28. The number of nitrogens with one attached hydrogen (secondary N) is 1. The lowest BCUT2D eigenvalue weighted by molar-refractivity contribution is 0.0975. The monoisotopic (exact) mass is 421 g/mol. The number of nitrogens with zero attached hydrogens (tertiary/aromatic N) is 2. The largest absolute Gasteiger partial charge is 0.360 e. The molecule has 0 spiro atoms. The summed E-state index contributed by atoms with van der Waals surface area (Å²) in [6.07, 6.45) is -0.425. The fraction of sp³-hybridized carbons (Fsp3) is 0.0741. The number of carbonyl (C=O) groups is 1. The maximum absolute atomic E-state index is 13.6. The number of anilines is 2. The van der Waals surface area contributed by atoms with Gasteiger partial charge in [0.05, 0.1) is 5.56 Å². The van der Waals surface area contributed by atoms with Crippen LogP contribution in [0.3, 0.4) is 0 Å². The van der Waals surface area contributed by atoms with Crippen LogP contribution < -0.4 is 10.2 Å². The first-order valence-electron chi connectivity index (χ1n) is 10.5. The van der Waals surface area contributed by atoms with Crippen molar-refractivity contribution in [3.8, 4) is 0 Å². The molecule has 0 saturated carbocycles. The summed E-state index contributed by atoms with van der Waals surface area (Å²) < 4.78 is 15.8. The molecule has 4 nitrogen and oxygen atoms in total. The standard InChI is InChI=1S/C27H20FN3O/c1-30-24-9-5-3-6-20(24)22-16-17(10-15-25(22)30)26-29-23-8-4-2-7-21(23)27(32)31(26)19-13-11-18(28)12-14-19/h2-16,26,29H,1H3/t26-/m0/s1. The number of benzene rings is 4. The fourth-order valence-electron chi connectivity index (χ4n) is 4.71. The van der Waals surface area contributed by atoms with E-state index >= 15 is 0 Å². The second-order valence-electron chi connectivity index (χ2n) is 8.10. The number of aryl methyl sites for hydroxylation is 1. The predicted octanol–water partition coefficient (Wildman–Crippen LogP) is 6.24. The molecular weight excluding hydrogens is 401 g/mol. The first-order valence-corrected chi connectivity index (χ1v) is 10.5. The molecule has 1 aromatic heterocycles. The minimum absolute atomic E-state index is 0.117. The van der Waals surface area contributed by atoms with Crippen molar-refractivity contribution in [2.45, 2.75) is 6.17 Å². The Bertz CT molecular complexity index is 1500. The summed E-state index contributed by atoms with van der Waals surface area (Å²) in [6.45, 7) is 0. The molecule has 0 unspecified atom stereocenters. The van der Waals surface area contributed by atoms with Crippen molar-refractivity contribution in [3.05, 3.63) is 108 Å². The average Bonchev–Trinajstić information content (AvgIpc) is 3.11. The van der Waals surface area contributed by atoms with Gasteiger partial charge in [-0.1, -0.05) is 36.4 Å². The predicted molar refractivity (Wildman–Crippen MR) is 126 cm³/mol. The number of halogens is 1. The molecule has 32 heavy (non-hydrogen) atoms. The molecule has 5 aromatic rings. The summed E-state index contributed by atoms with van der Waals surface area (Å²) in [5, 5.41) is 5.83. The number of hydrogen-bond donors (Lipinski definition) is 1. The molecule has 6 rings (SSSR count). The van der Waals surface area contributed by atoms with Gasteiger partial charge >= 0.3 is 0 Å². The number of para-hydroxylation sites is 2. The average molecular weight is 421 g/mol. The lowest BCUT2D eigenvalue weighted by atomic mass is 10.0. The van der Waals surface area contributed by atoms with Crippen molar-refractivity contribution in [1.82, 2.24) is 4.57 Å². The molecule has 1 N–H and O–H groups in total. The SMILES string of the molecule is Cn1c2ccccc2c2cc([C@H]3Nc4ccccc4C(=O)N3c3ccc(F)cc3)ccc21. The van der Waals surface area contributed by atoms with E-state index in [9.17, 15) is 9.18 Å². The zero-order valence-corrected chi connectivity index (χ0v) is 17.4. The zero-order chi connectivity index (χ0) is 21.8. The van der Waals surface area contributed by atoms with Crippen molar-refractivity contribution in [2.75, 3.05) is 10.2 Å². The van der Waals surface area contributed by atoms with E-state index in [1.807, 2.05) is 36.4 Å². The first-order chi connectivity index (χ1) is 15.6. The van der Waals surface area contributed by atoms with E-state index in [2.05, 4.69) is 47.3 Å². The fourth-order valence-corrected chi connectivity index (χ4v) is 4.71. The molecule has 0 bridgehead atoms. The summed E-state index contributed by atoms with van der Waals surface area (Å²) in [6, 6.07) is 28.1. The van der Waals surface area contributed by atoms with E-state index in [1.165, 1.54) is 17.5 Å². The van der Waals surface area contributed by atoms with Gasteiger partial charge < -0.3 is 9.88 Å². The molecular formula is C27H20FN3O. The van der Waals surface area contributed by atoms with Gasteiger partial charge in [0.2, 0.25) is 0 Å². The van der Waals surface area contributed by atoms with E-state index in [0.29, 0.717) is 11.3 Å². The lowest BCUT2D eigenvalue weighted by Crippen LogP contribution is -2.43. The highest BCUT2D eigenvalue weighted by molar-refractivity contribution is 6.12. The van der Waals surface area contributed by atoms with Gasteiger partial charge in [-0.2, -0.15) is 0 Å². The van der Waals surface area contributed by atoms with Gasteiger partial charge in [-0.3, -0.25) is 9.69 Å². The Hall–Kier alpha value is -4.12. The zero-order valence-electron chi connectivity index (χ0n) is 17.4. The Morgan fingerprint density at radius 2 is 1.53 bits per heavy atom. The minimum atomic E-state index is -0.425. The van der Waals surface area contributed by atoms with Crippen molar-refractivity contribution in [1.29, 1.82) is 0 Å². The molecule has 0 fully saturated rings. The summed E-state index contributed by atoms with van der Waals surface area (Å²) in [4.78, 5) is 15.3. The van der Waals surface area contributed by atoms with Crippen LogP contribution in [0.15, 0.2) is 91.0 Å². The summed E-state index contributed by atoms with van der Waals surface area (Å²) in [5.41, 5.74) is 5.28. The molecule has 0 aliphatic carbocycles. The van der Waals surface area contributed by atoms with E-state index < -0.39 is 6.17 Å². The van der Waals surface area contributed by atoms with E-state index in [4.69, 9.17) is 0 Å². The molecule has 1 aliphatic rings. The van der Waals surface area contributed by atoms with Crippen LogP contribution >= 0.6 is 0 Å². The highest BCUT2D eigenvalue weighted by atomic mass is 19.1. The highest BCUT2D eigenvalue weighted by Gasteiger charge is 2.34. The Morgan fingerprint density at radius 1 is 0.812 bits per heavy atom. The van der Waals surface area contributed by atoms with Crippen LogP contribution in [-0.4, -0.2) is 10.5 Å². The quantitative estimate of drug-likeness (QED) is 0.366. The highest BCUT2D eigenvalue weighted by Crippen LogP contribution is 2.38. The topological polar surface area (TPSA) is 37.3 Å². The maximum atomic E-state index is 13.6. The van der Waals surface area contributed by atoms with Crippen LogP contribution in [0, 0.1) is 5.82 Å². The Balaban J connectivity index is 1.56. The van der Waals surface area contributed by atoms with E-state index in [-0.39, 0.29) is 11.7 Å². The molecule has 0 radical (unpaired) electrons. The van der Waals surface area contributed by atoms with Gasteiger partial charge in [0, 0.05) is 40.2 Å². The Labute approximate surface area is 184 Å². The first kappa shape index (κ1) is 18.6.